The van der Waals surface area contributed by atoms with Gasteiger partial charge in [0.2, 0.25) is 9.76 Å². The summed E-state index contributed by atoms with van der Waals surface area (Å²) in [5, 5.41) is 17.1. The van der Waals surface area contributed by atoms with E-state index in [9.17, 15) is 13.2 Å². The summed E-state index contributed by atoms with van der Waals surface area (Å²) in [5.74, 6) is -2.83. The Balaban J connectivity index is 3.91. The van der Waals surface area contributed by atoms with Crippen molar-refractivity contribution in [1.82, 2.24) is 0 Å². The second-order valence-electron chi connectivity index (χ2n) is 2.11. The summed E-state index contributed by atoms with van der Waals surface area (Å²) >= 11 is 0. The minimum atomic E-state index is -4.62. The Morgan fingerprint density at radius 3 is 1.91 bits per heavy atom. The molecule has 0 bridgehead atoms. The fourth-order valence-electron chi connectivity index (χ4n) is 0.510. The van der Waals surface area contributed by atoms with Crippen molar-refractivity contribution >= 4 is 9.76 Å². The number of hydrogen-bond donors (Lipinski definition) is 3. The molecule has 0 saturated heterocycles. The largest absolute Gasteiger partial charge is 0.431 e. The molecular formula is C4H7F3O3Si. The molecule has 0 aliphatic heterocycles. The van der Waals surface area contributed by atoms with Crippen LogP contribution in [0.25, 0.3) is 0 Å². The standard InChI is InChI=1S/C4H7F3O3Si/c5-4(6,7)1-3(8,9)2-11-10/h8-10H,1-2H2. The van der Waals surface area contributed by atoms with Crippen LogP contribution in [-0.2, 0) is 0 Å². The van der Waals surface area contributed by atoms with Crippen LogP contribution in [0.5, 0.6) is 0 Å². The average Bonchev–Trinajstić information content (AvgIpc) is 1.55. The summed E-state index contributed by atoms with van der Waals surface area (Å²) in [7, 11) is -0.905. The predicted molar refractivity (Wildman–Crippen MR) is 30.6 cm³/mol. The van der Waals surface area contributed by atoms with E-state index in [-0.39, 0.29) is 0 Å². The third kappa shape index (κ3) is 6.29. The normalized spacial score (nSPS) is 13.6. The van der Waals surface area contributed by atoms with Gasteiger partial charge in [-0.25, -0.2) is 0 Å². The Bertz CT molecular complexity index is 124. The average molecular weight is 188 g/mol. The van der Waals surface area contributed by atoms with Crippen molar-refractivity contribution in [3.63, 3.8) is 0 Å². The molecule has 0 heterocycles. The van der Waals surface area contributed by atoms with Gasteiger partial charge in [-0.2, -0.15) is 13.2 Å². The highest BCUT2D eigenvalue weighted by molar-refractivity contribution is 6.25. The number of hydrogen-bond acceptors (Lipinski definition) is 3. The molecule has 0 saturated carbocycles. The van der Waals surface area contributed by atoms with E-state index >= 15 is 0 Å². The minimum absolute atomic E-state index is 0.674. The summed E-state index contributed by atoms with van der Waals surface area (Å²) in [6.45, 7) is 0. The molecule has 0 aliphatic carbocycles. The van der Waals surface area contributed by atoms with E-state index in [1.54, 1.807) is 0 Å². The quantitative estimate of drug-likeness (QED) is 0.419. The lowest BCUT2D eigenvalue weighted by Crippen LogP contribution is -2.35. The van der Waals surface area contributed by atoms with Gasteiger partial charge >= 0.3 is 6.18 Å². The molecule has 0 rings (SSSR count). The molecule has 3 nitrogen and oxygen atoms in total. The lowest BCUT2D eigenvalue weighted by atomic mass is 10.2. The van der Waals surface area contributed by atoms with E-state index in [0.717, 1.165) is 0 Å². The minimum Gasteiger partial charge on any atom is -0.431 e. The number of rotatable bonds is 3. The predicted octanol–water partition coefficient (Wildman–Crippen LogP) is -0.351. The van der Waals surface area contributed by atoms with Gasteiger partial charge in [-0.15, -0.1) is 0 Å². The van der Waals surface area contributed by atoms with Gasteiger partial charge in [0, 0.05) is 6.04 Å². The molecule has 0 spiro atoms. The molecule has 0 aromatic rings. The van der Waals surface area contributed by atoms with Crippen molar-refractivity contribution < 1.29 is 28.2 Å². The molecular weight excluding hydrogens is 181 g/mol. The van der Waals surface area contributed by atoms with Crippen LogP contribution < -0.4 is 0 Å². The van der Waals surface area contributed by atoms with Gasteiger partial charge in [0.15, 0.2) is 5.79 Å². The van der Waals surface area contributed by atoms with Crippen LogP contribution >= 0.6 is 0 Å². The molecule has 66 valence electrons. The van der Waals surface area contributed by atoms with Crippen molar-refractivity contribution in [2.24, 2.45) is 0 Å². The maximum atomic E-state index is 11.5. The first-order chi connectivity index (χ1) is 4.77. The monoisotopic (exact) mass is 188 g/mol. The van der Waals surface area contributed by atoms with Crippen molar-refractivity contribution in [3.05, 3.63) is 0 Å². The first-order valence-corrected chi connectivity index (χ1v) is 3.81. The Kier molecular flexibility index (Phi) is 3.49. The van der Waals surface area contributed by atoms with E-state index in [2.05, 4.69) is 0 Å². The molecule has 7 heteroatoms. The lowest BCUT2D eigenvalue weighted by Gasteiger charge is -2.21. The van der Waals surface area contributed by atoms with Crippen molar-refractivity contribution in [3.8, 4) is 0 Å². The summed E-state index contributed by atoms with van der Waals surface area (Å²) in [4.78, 5) is 8.14. The van der Waals surface area contributed by atoms with E-state index in [0.29, 0.717) is 0 Å². The summed E-state index contributed by atoms with van der Waals surface area (Å²) in [6, 6.07) is -0.674. The van der Waals surface area contributed by atoms with Crippen LogP contribution in [0.1, 0.15) is 6.42 Å². The van der Waals surface area contributed by atoms with Crippen LogP contribution in [0.2, 0.25) is 6.04 Å². The van der Waals surface area contributed by atoms with Gasteiger partial charge < -0.3 is 15.0 Å². The second-order valence-corrected chi connectivity index (χ2v) is 2.78. The van der Waals surface area contributed by atoms with Crippen LogP contribution in [0, 0.1) is 0 Å². The van der Waals surface area contributed by atoms with Crippen molar-refractivity contribution in [2.75, 3.05) is 0 Å². The fourth-order valence-corrected chi connectivity index (χ4v) is 0.888. The number of halogens is 3. The molecule has 0 aromatic heterocycles. The van der Waals surface area contributed by atoms with Crippen LogP contribution in [0.15, 0.2) is 0 Å². The molecule has 0 fully saturated rings. The molecule has 2 radical (unpaired) electrons. The van der Waals surface area contributed by atoms with Gasteiger partial charge in [0.25, 0.3) is 0 Å². The van der Waals surface area contributed by atoms with Crippen LogP contribution in [0.4, 0.5) is 13.2 Å². The van der Waals surface area contributed by atoms with Crippen molar-refractivity contribution in [2.45, 2.75) is 24.4 Å². The van der Waals surface area contributed by atoms with Gasteiger partial charge in [0.05, 0.1) is 6.42 Å². The summed E-state index contributed by atoms with van der Waals surface area (Å²) in [5.41, 5.74) is 0. The Hall–Kier alpha value is -0.113. The third-order valence-corrected chi connectivity index (χ3v) is 1.57. The highest BCUT2D eigenvalue weighted by Gasteiger charge is 2.39. The molecule has 0 aliphatic rings. The van der Waals surface area contributed by atoms with Crippen LogP contribution in [-0.4, -0.2) is 36.7 Å². The fraction of sp³-hybridized carbons (Fsp3) is 1.00. The second kappa shape index (κ2) is 3.52. The van der Waals surface area contributed by atoms with Gasteiger partial charge in [-0.3, -0.25) is 0 Å². The third-order valence-electron chi connectivity index (χ3n) is 0.846. The molecule has 3 N–H and O–H groups in total. The SMILES string of the molecule is O[Si]CC(O)(O)CC(F)(F)F. The molecule has 0 amide bonds. The molecule has 0 atom stereocenters. The molecule has 11 heavy (non-hydrogen) atoms. The zero-order valence-corrected chi connectivity index (χ0v) is 6.39. The van der Waals surface area contributed by atoms with E-state index in [1.165, 1.54) is 0 Å². The topological polar surface area (TPSA) is 60.7 Å². The first kappa shape index (κ1) is 10.9. The van der Waals surface area contributed by atoms with Gasteiger partial charge in [-0.05, 0) is 0 Å². The smallest absolute Gasteiger partial charge is 0.394 e. The zero-order valence-electron chi connectivity index (χ0n) is 5.39. The van der Waals surface area contributed by atoms with Crippen LogP contribution in [0.3, 0.4) is 0 Å². The van der Waals surface area contributed by atoms with Crippen molar-refractivity contribution in [1.29, 1.82) is 0 Å². The van der Waals surface area contributed by atoms with E-state index in [4.69, 9.17) is 15.0 Å². The highest BCUT2D eigenvalue weighted by Crippen LogP contribution is 2.27. The summed E-state index contributed by atoms with van der Waals surface area (Å²) < 4.78 is 34.4. The zero-order chi connectivity index (χ0) is 9.12. The maximum absolute atomic E-state index is 11.5. The highest BCUT2D eigenvalue weighted by atomic mass is 28.2. The Morgan fingerprint density at radius 1 is 1.18 bits per heavy atom. The summed E-state index contributed by atoms with van der Waals surface area (Å²) in [6.07, 6.45) is -6.34. The number of alkyl halides is 3. The maximum Gasteiger partial charge on any atom is 0.394 e. The van der Waals surface area contributed by atoms with Gasteiger partial charge in [-0.1, -0.05) is 0 Å². The van der Waals surface area contributed by atoms with E-state index in [1.807, 2.05) is 0 Å². The number of aliphatic hydroxyl groups is 2. The first-order valence-electron chi connectivity index (χ1n) is 2.65. The van der Waals surface area contributed by atoms with Gasteiger partial charge in [0.1, 0.15) is 0 Å². The molecule has 0 unspecified atom stereocenters. The Morgan fingerprint density at radius 2 is 1.64 bits per heavy atom. The van der Waals surface area contributed by atoms with E-state index < -0.39 is 34.2 Å². The Labute approximate surface area is 63.4 Å². The lowest BCUT2D eigenvalue weighted by molar-refractivity contribution is -0.235. The molecule has 0 aromatic carbocycles.